The van der Waals surface area contributed by atoms with E-state index in [2.05, 4.69) is 5.32 Å². The number of β-amino-alcohol motifs (C(OH)–C–C–N with tert-alkyl or cyclic N) is 1. The molecule has 1 atom stereocenters. The van der Waals surface area contributed by atoms with E-state index in [9.17, 15) is 9.90 Å². The van der Waals surface area contributed by atoms with Crippen molar-refractivity contribution in [2.45, 2.75) is 18.9 Å². The van der Waals surface area contributed by atoms with Gasteiger partial charge in [-0.25, -0.2) is 0 Å². The molecule has 5 heteroatoms. The number of carbonyl (C=O) groups excluding carboxylic acids is 1. The summed E-state index contributed by atoms with van der Waals surface area (Å²) in [5.41, 5.74) is 6.97. The number of likely N-dealkylation sites (tertiary alicyclic amines) is 1. The topological polar surface area (TPSA) is 78.6 Å². The lowest BCUT2D eigenvalue weighted by molar-refractivity contribution is -0.118. The van der Waals surface area contributed by atoms with E-state index in [1.807, 2.05) is 4.90 Å². The number of nitrogens with one attached hydrogen (secondary N) is 1. The predicted molar refractivity (Wildman–Crippen MR) is 71.2 cm³/mol. The van der Waals surface area contributed by atoms with Gasteiger partial charge in [-0.1, -0.05) is 6.07 Å². The first-order valence-electron chi connectivity index (χ1n) is 6.19. The molecule has 5 nitrogen and oxygen atoms in total. The summed E-state index contributed by atoms with van der Waals surface area (Å²) in [5, 5.41) is 12.3. The van der Waals surface area contributed by atoms with Crippen molar-refractivity contribution < 1.29 is 9.90 Å². The Kier molecular flexibility index (Phi) is 4.17. The highest BCUT2D eigenvalue weighted by Crippen LogP contribution is 2.13. The number of hydrogen-bond acceptors (Lipinski definition) is 4. The van der Waals surface area contributed by atoms with Gasteiger partial charge in [0.1, 0.15) is 0 Å². The fourth-order valence-corrected chi connectivity index (χ4v) is 2.19. The minimum atomic E-state index is -0.307. The highest BCUT2D eigenvalue weighted by atomic mass is 16.3. The van der Waals surface area contributed by atoms with Gasteiger partial charge in [0.2, 0.25) is 5.91 Å². The van der Waals surface area contributed by atoms with Crippen molar-refractivity contribution in [2.75, 3.05) is 30.7 Å². The Morgan fingerprint density at radius 2 is 2.39 bits per heavy atom. The van der Waals surface area contributed by atoms with Crippen LogP contribution in [0.25, 0.3) is 0 Å². The summed E-state index contributed by atoms with van der Waals surface area (Å²) in [7, 11) is 0. The van der Waals surface area contributed by atoms with Crippen molar-refractivity contribution in [3.8, 4) is 0 Å². The van der Waals surface area contributed by atoms with Crippen molar-refractivity contribution in [2.24, 2.45) is 0 Å². The van der Waals surface area contributed by atoms with E-state index in [1.54, 1.807) is 24.3 Å². The fourth-order valence-electron chi connectivity index (χ4n) is 2.19. The first kappa shape index (κ1) is 12.9. The van der Waals surface area contributed by atoms with Crippen molar-refractivity contribution >= 4 is 17.3 Å². The van der Waals surface area contributed by atoms with Crippen LogP contribution in [0.4, 0.5) is 11.4 Å². The van der Waals surface area contributed by atoms with Gasteiger partial charge in [0, 0.05) is 17.9 Å². The van der Waals surface area contributed by atoms with Crippen molar-refractivity contribution in [1.82, 2.24) is 4.90 Å². The normalized spacial score (nSPS) is 20.6. The van der Waals surface area contributed by atoms with Gasteiger partial charge in [-0.3, -0.25) is 9.69 Å². The molecule has 0 aromatic heterocycles. The van der Waals surface area contributed by atoms with Gasteiger partial charge >= 0.3 is 0 Å². The molecule has 1 aliphatic heterocycles. The summed E-state index contributed by atoms with van der Waals surface area (Å²) >= 11 is 0. The fraction of sp³-hybridized carbons (Fsp3) is 0.462. The molecular formula is C13H19N3O2. The molecule has 0 radical (unpaired) electrons. The summed E-state index contributed by atoms with van der Waals surface area (Å²) < 4.78 is 0. The van der Waals surface area contributed by atoms with Crippen LogP contribution in [0.1, 0.15) is 12.8 Å². The number of nitrogen functional groups attached to an aromatic ring is 1. The van der Waals surface area contributed by atoms with E-state index in [4.69, 9.17) is 5.73 Å². The third kappa shape index (κ3) is 3.72. The molecule has 0 spiro atoms. The zero-order valence-electron chi connectivity index (χ0n) is 10.3. The monoisotopic (exact) mass is 249 g/mol. The molecular weight excluding hydrogens is 230 g/mol. The van der Waals surface area contributed by atoms with Crippen LogP contribution in [0.3, 0.4) is 0 Å². The van der Waals surface area contributed by atoms with Gasteiger partial charge < -0.3 is 16.2 Å². The highest BCUT2D eigenvalue weighted by Gasteiger charge is 2.19. The zero-order valence-corrected chi connectivity index (χ0v) is 10.3. The van der Waals surface area contributed by atoms with E-state index in [-0.39, 0.29) is 12.0 Å². The summed E-state index contributed by atoms with van der Waals surface area (Å²) in [5.74, 6) is -0.0744. The van der Waals surface area contributed by atoms with Crippen LogP contribution in [0.5, 0.6) is 0 Å². The SMILES string of the molecule is Nc1cccc(NC(=O)CN2CCCC(O)C2)c1. The van der Waals surface area contributed by atoms with E-state index in [0.717, 1.165) is 19.4 Å². The lowest BCUT2D eigenvalue weighted by Crippen LogP contribution is -2.42. The molecule has 98 valence electrons. The first-order valence-corrected chi connectivity index (χ1v) is 6.19. The average molecular weight is 249 g/mol. The second-order valence-corrected chi connectivity index (χ2v) is 4.70. The largest absolute Gasteiger partial charge is 0.399 e. The van der Waals surface area contributed by atoms with Crippen molar-refractivity contribution in [3.05, 3.63) is 24.3 Å². The Labute approximate surface area is 107 Å². The minimum absolute atomic E-state index is 0.0744. The molecule has 1 heterocycles. The molecule has 18 heavy (non-hydrogen) atoms. The smallest absolute Gasteiger partial charge is 0.238 e. The van der Waals surface area contributed by atoms with Gasteiger partial charge in [0.25, 0.3) is 0 Å². The number of aliphatic hydroxyl groups is 1. The number of piperidine rings is 1. The number of aliphatic hydroxyl groups excluding tert-OH is 1. The average Bonchev–Trinajstić information content (AvgIpc) is 2.28. The zero-order chi connectivity index (χ0) is 13.0. The van der Waals surface area contributed by atoms with Gasteiger partial charge in [0.05, 0.1) is 12.6 Å². The molecule has 1 amide bonds. The van der Waals surface area contributed by atoms with Crippen LogP contribution in [0, 0.1) is 0 Å². The standard InChI is InChI=1S/C13H19N3O2/c14-10-3-1-4-11(7-10)15-13(18)9-16-6-2-5-12(17)8-16/h1,3-4,7,12,17H,2,5-6,8-9,14H2,(H,15,18). The quantitative estimate of drug-likeness (QED) is 0.688. The number of anilines is 2. The van der Waals surface area contributed by atoms with Crippen LogP contribution in [0.15, 0.2) is 24.3 Å². The molecule has 4 N–H and O–H groups in total. The minimum Gasteiger partial charge on any atom is -0.399 e. The Balaban J connectivity index is 1.85. The lowest BCUT2D eigenvalue weighted by Gasteiger charge is -2.29. The summed E-state index contributed by atoms with van der Waals surface area (Å²) in [6, 6.07) is 7.11. The van der Waals surface area contributed by atoms with Crippen LogP contribution in [-0.2, 0) is 4.79 Å². The van der Waals surface area contributed by atoms with Crippen LogP contribution in [-0.4, -0.2) is 41.7 Å². The third-order valence-electron chi connectivity index (χ3n) is 3.02. The summed E-state index contributed by atoms with van der Waals surface area (Å²) in [6.07, 6.45) is 1.46. The molecule has 1 aromatic carbocycles. The Morgan fingerprint density at radius 1 is 1.56 bits per heavy atom. The number of nitrogens with zero attached hydrogens (tertiary/aromatic N) is 1. The lowest BCUT2D eigenvalue weighted by atomic mass is 10.1. The van der Waals surface area contributed by atoms with Crippen molar-refractivity contribution in [1.29, 1.82) is 0 Å². The number of benzene rings is 1. The number of nitrogens with two attached hydrogens (primary N) is 1. The van der Waals surface area contributed by atoms with Gasteiger partial charge in [0.15, 0.2) is 0 Å². The maximum atomic E-state index is 11.8. The number of rotatable bonds is 3. The van der Waals surface area contributed by atoms with Crippen LogP contribution < -0.4 is 11.1 Å². The third-order valence-corrected chi connectivity index (χ3v) is 3.02. The van der Waals surface area contributed by atoms with E-state index >= 15 is 0 Å². The summed E-state index contributed by atoms with van der Waals surface area (Å²) in [6.45, 7) is 1.75. The molecule has 1 saturated heterocycles. The molecule has 1 unspecified atom stereocenters. The summed E-state index contributed by atoms with van der Waals surface area (Å²) in [4.78, 5) is 13.8. The highest BCUT2D eigenvalue weighted by molar-refractivity contribution is 5.92. The maximum Gasteiger partial charge on any atom is 0.238 e. The van der Waals surface area contributed by atoms with Gasteiger partial charge in [-0.15, -0.1) is 0 Å². The second kappa shape index (κ2) is 5.84. The predicted octanol–water partition coefficient (Wildman–Crippen LogP) is 0.664. The van der Waals surface area contributed by atoms with Gasteiger partial charge in [-0.05, 0) is 37.6 Å². The number of hydrogen-bond donors (Lipinski definition) is 3. The molecule has 0 aliphatic carbocycles. The number of carbonyl (C=O) groups is 1. The van der Waals surface area contributed by atoms with E-state index in [0.29, 0.717) is 24.5 Å². The molecule has 1 aliphatic rings. The Morgan fingerprint density at radius 3 is 3.11 bits per heavy atom. The Hall–Kier alpha value is -1.59. The van der Waals surface area contributed by atoms with E-state index < -0.39 is 0 Å². The molecule has 1 fully saturated rings. The number of amides is 1. The Bertz CT molecular complexity index is 422. The first-order chi connectivity index (χ1) is 8.63. The van der Waals surface area contributed by atoms with Crippen LogP contribution >= 0.6 is 0 Å². The molecule has 2 rings (SSSR count). The molecule has 1 aromatic rings. The molecule has 0 bridgehead atoms. The van der Waals surface area contributed by atoms with Crippen LogP contribution in [0.2, 0.25) is 0 Å². The maximum absolute atomic E-state index is 11.8. The van der Waals surface area contributed by atoms with Crippen molar-refractivity contribution in [3.63, 3.8) is 0 Å². The molecule has 0 saturated carbocycles. The van der Waals surface area contributed by atoms with E-state index in [1.165, 1.54) is 0 Å². The van der Waals surface area contributed by atoms with Gasteiger partial charge in [-0.2, -0.15) is 0 Å². The second-order valence-electron chi connectivity index (χ2n) is 4.70.